The van der Waals surface area contributed by atoms with Crippen LogP contribution in [0.5, 0.6) is 5.75 Å². The number of phenols is 1. The van der Waals surface area contributed by atoms with Gasteiger partial charge in [0.05, 0.1) is 0 Å². The van der Waals surface area contributed by atoms with Crippen molar-refractivity contribution in [3.63, 3.8) is 0 Å². The first-order chi connectivity index (χ1) is 10.1. The fourth-order valence-corrected chi connectivity index (χ4v) is 3.94. The van der Waals surface area contributed by atoms with Gasteiger partial charge in [-0.2, -0.15) is 0 Å². The summed E-state index contributed by atoms with van der Waals surface area (Å²) in [5.74, 6) is 0.355. The summed E-state index contributed by atoms with van der Waals surface area (Å²) < 4.78 is 0. The molecule has 1 aromatic carbocycles. The smallest absolute Gasteiger partial charge is 0.120 e. The van der Waals surface area contributed by atoms with Crippen LogP contribution in [-0.2, 0) is 0 Å². The van der Waals surface area contributed by atoms with E-state index in [1.807, 2.05) is 6.07 Å². The van der Waals surface area contributed by atoms with Crippen LogP contribution in [0.2, 0.25) is 5.02 Å². The Balaban J connectivity index is 1.66. The number of halogens is 1. The monoisotopic (exact) mass is 308 g/mol. The van der Waals surface area contributed by atoms with Crippen LogP contribution < -0.4 is 0 Å². The number of aromatic hydroxyl groups is 1. The molecular weight excluding hydrogens is 284 g/mol. The highest BCUT2D eigenvalue weighted by atomic mass is 35.5. The molecule has 0 radical (unpaired) electrons. The molecule has 21 heavy (non-hydrogen) atoms. The molecule has 2 unspecified atom stereocenters. The Kier molecular flexibility index (Phi) is 4.72. The van der Waals surface area contributed by atoms with E-state index in [0.29, 0.717) is 16.8 Å². The summed E-state index contributed by atoms with van der Waals surface area (Å²) in [7, 11) is 0. The van der Waals surface area contributed by atoms with Crippen molar-refractivity contribution in [1.82, 2.24) is 9.80 Å². The summed E-state index contributed by atoms with van der Waals surface area (Å²) >= 11 is 6.08. The fraction of sp³-hybridized carbons (Fsp3) is 0.647. The molecule has 2 fully saturated rings. The maximum absolute atomic E-state index is 10.1. The van der Waals surface area contributed by atoms with Crippen molar-refractivity contribution < 1.29 is 5.11 Å². The first-order valence-corrected chi connectivity index (χ1v) is 8.49. The molecule has 0 spiro atoms. The maximum Gasteiger partial charge on any atom is 0.120 e. The molecule has 2 aliphatic heterocycles. The Hall–Kier alpha value is -0.770. The van der Waals surface area contributed by atoms with Gasteiger partial charge in [0.1, 0.15) is 5.75 Å². The van der Waals surface area contributed by atoms with Crippen molar-refractivity contribution in [3.05, 3.63) is 28.8 Å². The molecule has 3 rings (SSSR count). The Morgan fingerprint density at radius 1 is 1.19 bits per heavy atom. The third-order valence-corrected chi connectivity index (χ3v) is 5.32. The molecular formula is C17H25ClN2O. The van der Waals surface area contributed by atoms with Gasteiger partial charge in [-0.05, 0) is 57.5 Å². The highest BCUT2D eigenvalue weighted by Gasteiger charge is 2.31. The van der Waals surface area contributed by atoms with Gasteiger partial charge in [-0.1, -0.05) is 18.0 Å². The van der Waals surface area contributed by atoms with E-state index in [1.54, 1.807) is 12.1 Å². The minimum absolute atomic E-state index is 0.221. The number of hydrogen-bond donors (Lipinski definition) is 1. The molecule has 4 heteroatoms. The molecule has 2 atom stereocenters. The second-order valence-corrected chi connectivity index (χ2v) is 6.85. The van der Waals surface area contributed by atoms with Crippen molar-refractivity contribution in [1.29, 1.82) is 0 Å². The first kappa shape index (κ1) is 15.1. The van der Waals surface area contributed by atoms with E-state index in [1.165, 1.54) is 38.8 Å². The summed E-state index contributed by atoms with van der Waals surface area (Å²) in [5, 5.41) is 10.8. The van der Waals surface area contributed by atoms with Crippen LogP contribution in [0.4, 0.5) is 0 Å². The normalized spacial score (nSPS) is 26.1. The van der Waals surface area contributed by atoms with Gasteiger partial charge in [-0.25, -0.2) is 0 Å². The Bertz CT molecular complexity index is 488. The topological polar surface area (TPSA) is 26.7 Å². The highest BCUT2D eigenvalue weighted by Crippen LogP contribution is 2.33. The third-order valence-electron chi connectivity index (χ3n) is 5.09. The number of benzene rings is 1. The highest BCUT2D eigenvalue weighted by molar-refractivity contribution is 6.30. The lowest BCUT2D eigenvalue weighted by molar-refractivity contribution is 0.154. The Labute approximate surface area is 132 Å². The number of rotatable bonds is 3. The standard InChI is InChI=1S/C17H25ClN2O/c1-13(16-11-14(18)5-6-17(16)21)20-10-7-15(12-20)19-8-3-2-4-9-19/h5-6,11,13,15,21H,2-4,7-10,12H2,1H3. The molecule has 0 aromatic heterocycles. The zero-order valence-corrected chi connectivity index (χ0v) is 13.5. The summed E-state index contributed by atoms with van der Waals surface area (Å²) in [4.78, 5) is 5.14. The Morgan fingerprint density at radius 2 is 1.95 bits per heavy atom. The molecule has 3 nitrogen and oxygen atoms in total. The van der Waals surface area contributed by atoms with Crippen molar-refractivity contribution >= 4 is 11.6 Å². The van der Waals surface area contributed by atoms with E-state index < -0.39 is 0 Å². The van der Waals surface area contributed by atoms with Gasteiger partial charge in [-0.3, -0.25) is 9.80 Å². The van der Waals surface area contributed by atoms with Crippen LogP contribution in [0.25, 0.3) is 0 Å². The van der Waals surface area contributed by atoms with E-state index in [0.717, 1.165) is 18.7 Å². The van der Waals surface area contributed by atoms with Gasteiger partial charge in [-0.15, -0.1) is 0 Å². The number of likely N-dealkylation sites (tertiary alicyclic amines) is 2. The van der Waals surface area contributed by atoms with Crippen molar-refractivity contribution in [2.24, 2.45) is 0 Å². The predicted molar refractivity (Wildman–Crippen MR) is 86.9 cm³/mol. The van der Waals surface area contributed by atoms with Gasteiger partial charge in [0.2, 0.25) is 0 Å². The summed E-state index contributed by atoms with van der Waals surface area (Å²) in [6.07, 6.45) is 5.33. The molecule has 2 saturated heterocycles. The number of phenolic OH excluding ortho intramolecular Hbond substituents is 1. The maximum atomic E-state index is 10.1. The molecule has 1 aromatic rings. The van der Waals surface area contributed by atoms with Crippen molar-refractivity contribution in [3.8, 4) is 5.75 Å². The molecule has 2 heterocycles. The van der Waals surface area contributed by atoms with Gasteiger partial charge in [0, 0.05) is 35.8 Å². The average Bonchev–Trinajstić information content (AvgIpc) is 3.00. The van der Waals surface area contributed by atoms with E-state index in [9.17, 15) is 5.11 Å². The van der Waals surface area contributed by atoms with Gasteiger partial charge in [0.25, 0.3) is 0 Å². The minimum atomic E-state index is 0.221. The van der Waals surface area contributed by atoms with Crippen molar-refractivity contribution in [2.75, 3.05) is 26.2 Å². The number of nitrogens with zero attached hydrogens (tertiary/aromatic N) is 2. The van der Waals surface area contributed by atoms with Crippen LogP contribution in [0.1, 0.15) is 44.2 Å². The van der Waals surface area contributed by atoms with Gasteiger partial charge < -0.3 is 5.11 Å². The predicted octanol–water partition coefficient (Wildman–Crippen LogP) is 3.67. The molecule has 116 valence electrons. The fourth-order valence-electron chi connectivity index (χ4n) is 3.76. The molecule has 0 amide bonds. The van der Waals surface area contributed by atoms with Crippen LogP contribution >= 0.6 is 11.6 Å². The SMILES string of the molecule is CC(c1cc(Cl)ccc1O)N1CCC(N2CCCCC2)C1. The largest absolute Gasteiger partial charge is 0.508 e. The second kappa shape index (κ2) is 6.55. The Morgan fingerprint density at radius 3 is 2.71 bits per heavy atom. The van der Waals surface area contributed by atoms with E-state index >= 15 is 0 Å². The number of piperidine rings is 1. The first-order valence-electron chi connectivity index (χ1n) is 8.11. The molecule has 0 saturated carbocycles. The zero-order chi connectivity index (χ0) is 14.8. The summed E-state index contributed by atoms with van der Waals surface area (Å²) in [6.45, 7) is 6.90. The zero-order valence-electron chi connectivity index (χ0n) is 12.8. The van der Waals surface area contributed by atoms with Crippen LogP contribution in [-0.4, -0.2) is 47.1 Å². The van der Waals surface area contributed by atoms with E-state index in [4.69, 9.17) is 11.6 Å². The quantitative estimate of drug-likeness (QED) is 0.923. The van der Waals surface area contributed by atoms with Crippen LogP contribution in [0.3, 0.4) is 0 Å². The number of hydrogen-bond acceptors (Lipinski definition) is 3. The van der Waals surface area contributed by atoms with E-state index in [2.05, 4.69) is 16.7 Å². The molecule has 2 aliphatic rings. The lowest BCUT2D eigenvalue weighted by Crippen LogP contribution is -2.41. The second-order valence-electron chi connectivity index (χ2n) is 6.41. The molecule has 1 N–H and O–H groups in total. The molecule has 0 bridgehead atoms. The van der Waals surface area contributed by atoms with Crippen molar-refractivity contribution in [2.45, 2.75) is 44.7 Å². The van der Waals surface area contributed by atoms with Gasteiger partial charge in [0.15, 0.2) is 0 Å². The summed E-state index contributed by atoms with van der Waals surface area (Å²) in [5.41, 5.74) is 0.946. The third kappa shape index (κ3) is 3.36. The van der Waals surface area contributed by atoms with Gasteiger partial charge >= 0.3 is 0 Å². The molecule has 0 aliphatic carbocycles. The lowest BCUT2D eigenvalue weighted by atomic mass is 10.1. The average molecular weight is 309 g/mol. The van der Waals surface area contributed by atoms with Crippen LogP contribution in [0, 0.1) is 0 Å². The summed E-state index contributed by atoms with van der Waals surface area (Å²) in [6, 6.07) is 6.25. The van der Waals surface area contributed by atoms with Crippen LogP contribution in [0.15, 0.2) is 18.2 Å². The van der Waals surface area contributed by atoms with E-state index in [-0.39, 0.29) is 6.04 Å². The minimum Gasteiger partial charge on any atom is -0.508 e. The lowest BCUT2D eigenvalue weighted by Gasteiger charge is -2.33.